The lowest BCUT2D eigenvalue weighted by Gasteiger charge is -2.19. The van der Waals surface area contributed by atoms with Gasteiger partial charge >= 0.3 is 0 Å². The van der Waals surface area contributed by atoms with Crippen molar-refractivity contribution < 1.29 is 0 Å². The Labute approximate surface area is 201 Å². The Morgan fingerprint density at radius 2 is 0.765 bits per heavy atom. The summed E-state index contributed by atoms with van der Waals surface area (Å²) >= 11 is 0. The molecular weight excluding hydrogens is 408 g/mol. The Bertz CT molecular complexity index is 1620. The Kier molecular flexibility index (Phi) is 5.00. The van der Waals surface area contributed by atoms with Gasteiger partial charge in [0, 0.05) is 0 Å². The van der Waals surface area contributed by atoms with E-state index in [4.69, 9.17) is 0 Å². The maximum Gasteiger partial charge on any atom is -0.00262 e. The molecule has 0 radical (unpaired) electrons. The van der Waals surface area contributed by atoms with Crippen molar-refractivity contribution in [2.75, 3.05) is 0 Å². The molecule has 0 heterocycles. The highest BCUT2D eigenvalue weighted by Crippen LogP contribution is 2.44. The molecule has 0 N–H and O–H groups in total. The molecule has 0 aliphatic rings. The fourth-order valence-corrected chi connectivity index (χ4v) is 5.05. The minimum atomic E-state index is 1.24. The first-order chi connectivity index (χ1) is 16.7. The summed E-state index contributed by atoms with van der Waals surface area (Å²) in [5.41, 5.74) is 10.2. The molecule has 6 aromatic rings. The van der Waals surface area contributed by atoms with Crippen molar-refractivity contribution in [3.63, 3.8) is 0 Å². The van der Waals surface area contributed by atoms with Gasteiger partial charge in [0.25, 0.3) is 0 Å². The highest BCUT2D eigenvalue weighted by molar-refractivity contribution is 6.21. The summed E-state index contributed by atoms with van der Waals surface area (Å²) in [7, 11) is 0. The molecule has 0 aliphatic carbocycles. The summed E-state index contributed by atoms with van der Waals surface area (Å²) in [6.07, 6.45) is 0. The second-order valence-corrected chi connectivity index (χ2v) is 9.15. The molecular formula is C34H26. The topological polar surface area (TPSA) is 0 Å². The summed E-state index contributed by atoms with van der Waals surface area (Å²) in [6, 6.07) is 44.4. The normalized spacial score (nSPS) is 11.2. The van der Waals surface area contributed by atoms with Crippen LogP contribution >= 0.6 is 0 Å². The van der Waals surface area contributed by atoms with Gasteiger partial charge in [0.15, 0.2) is 0 Å². The average molecular weight is 435 g/mol. The van der Waals surface area contributed by atoms with Gasteiger partial charge in [-0.3, -0.25) is 0 Å². The van der Waals surface area contributed by atoms with Crippen molar-refractivity contribution in [3.8, 4) is 33.4 Å². The Morgan fingerprint density at radius 3 is 1.32 bits per heavy atom. The minimum absolute atomic E-state index is 1.24. The van der Waals surface area contributed by atoms with Crippen molar-refractivity contribution in [2.24, 2.45) is 0 Å². The van der Waals surface area contributed by atoms with Gasteiger partial charge in [0.2, 0.25) is 0 Å². The van der Waals surface area contributed by atoms with Gasteiger partial charge in [-0.2, -0.15) is 0 Å². The second kappa shape index (κ2) is 8.32. The van der Waals surface area contributed by atoms with Crippen LogP contribution in [0.3, 0.4) is 0 Å². The predicted octanol–water partition coefficient (Wildman–Crippen LogP) is 9.61. The molecule has 0 saturated carbocycles. The summed E-state index contributed by atoms with van der Waals surface area (Å²) < 4.78 is 0. The molecule has 0 aromatic heterocycles. The lowest BCUT2D eigenvalue weighted by atomic mass is 9.84. The van der Waals surface area contributed by atoms with Crippen molar-refractivity contribution in [1.29, 1.82) is 0 Å². The summed E-state index contributed by atoms with van der Waals surface area (Å²) in [6.45, 7) is 4.29. The van der Waals surface area contributed by atoms with E-state index < -0.39 is 0 Å². The summed E-state index contributed by atoms with van der Waals surface area (Å²) in [4.78, 5) is 0. The van der Waals surface area contributed by atoms with E-state index >= 15 is 0 Å². The van der Waals surface area contributed by atoms with Gasteiger partial charge in [-0.25, -0.2) is 0 Å². The number of rotatable bonds is 3. The first kappa shape index (κ1) is 20.4. The molecule has 34 heavy (non-hydrogen) atoms. The smallest absolute Gasteiger partial charge is 0.00262 e. The lowest BCUT2D eigenvalue weighted by molar-refractivity contribution is 1.47. The molecule has 0 heteroatoms. The fraction of sp³-hybridized carbons (Fsp3) is 0.0588. The standard InChI is InChI=1S/C34H26/c1-23-12-16-26(17-13-23)33-29-10-6-7-11-30(29)34(27-18-14-24(2)15-19-27)32-22-28(20-21-31(32)33)25-8-4-3-5-9-25/h3-22H,1-2H3. The van der Waals surface area contributed by atoms with Crippen LogP contribution in [0.5, 0.6) is 0 Å². The largest absolute Gasteiger partial charge is 0.0622 e. The second-order valence-electron chi connectivity index (χ2n) is 9.15. The zero-order valence-corrected chi connectivity index (χ0v) is 19.5. The third-order valence-corrected chi connectivity index (χ3v) is 6.81. The molecule has 0 saturated heterocycles. The van der Waals surface area contributed by atoms with E-state index in [1.165, 1.54) is 66.1 Å². The third-order valence-electron chi connectivity index (χ3n) is 6.81. The Balaban J connectivity index is 1.77. The molecule has 6 rings (SSSR count). The van der Waals surface area contributed by atoms with Gasteiger partial charge in [-0.1, -0.05) is 126 Å². The van der Waals surface area contributed by atoms with E-state index in [0.29, 0.717) is 0 Å². The number of benzene rings is 6. The van der Waals surface area contributed by atoms with E-state index in [2.05, 4.69) is 135 Å². The SMILES string of the molecule is Cc1ccc(-c2c3ccccc3c(-c3ccc(C)cc3)c3cc(-c4ccccc4)ccc23)cc1. The zero-order valence-electron chi connectivity index (χ0n) is 19.5. The van der Waals surface area contributed by atoms with Crippen LogP contribution in [0, 0.1) is 13.8 Å². The summed E-state index contributed by atoms with van der Waals surface area (Å²) in [5.74, 6) is 0. The average Bonchev–Trinajstić information content (AvgIpc) is 2.89. The van der Waals surface area contributed by atoms with Crippen LogP contribution in [0.1, 0.15) is 11.1 Å². The monoisotopic (exact) mass is 434 g/mol. The van der Waals surface area contributed by atoms with Gasteiger partial charge in [-0.15, -0.1) is 0 Å². The van der Waals surface area contributed by atoms with Gasteiger partial charge in [-0.05, 0) is 74.8 Å². The Morgan fingerprint density at radius 1 is 0.324 bits per heavy atom. The first-order valence-electron chi connectivity index (χ1n) is 11.9. The van der Waals surface area contributed by atoms with Crippen LogP contribution in [0.25, 0.3) is 54.9 Å². The first-order valence-corrected chi connectivity index (χ1v) is 11.9. The van der Waals surface area contributed by atoms with E-state index in [9.17, 15) is 0 Å². The number of hydrogen-bond acceptors (Lipinski definition) is 0. The molecule has 0 atom stereocenters. The third kappa shape index (κ3) is 3.49. The van der Waals surface area contributed by atoms with Gasteiger partial charge in [0.1, 0.15) is 0 Å². The number of aryl methyl sites for hydroxylation is 2. The molecule has 162 valence electrons. The fourth-order valence-electron chi connectivity index (χ4n) is 5.05. The van der Waals surface area contributed by atoms with Crippen LogP contribution in [0.4, 0.5) is 0 Å². The molecule has 0 fully saturated rings. The van der Waals surface area contributed by atoms with E-state index in [1.54, 1.807) is 0 Å². The zero-order chi connectivity index (χ0) is 23.1. The molecule has 0 amide bonds. The highest BCUT2D eigenvalue weighted by Gasteiger charge is 2.17. The van der Waals surface area contributed by atoms with Crippen LogP contribution in [0.15, 0.2) is 121 Å². The quantitative estimate of drug-likeness (QED) is 0.243. The summed E-state index contributed by atoms with van der Waals surface area (Å²) in [5, 5.41) is 5.17. The molecule has 0 aliphatic heterocycles. The lowest BCUT2D eigenvalue weighted by Crippen LogP contribution is -1.92. The highest BCUT2D eigenvalue weighted by atomic mass is 14.2. The molecule has 0 nitrogen and oxygen atoms in total. The predicted molar refractivity (Wildman–Crippen MR) is 147 cm³/mol. The van der Waals surface area contributed by atoms with Crippen LogP contribution < -0.4 is 0 Å². The van der Waals surface area contributed by atoms with Crippen LogP contribution in [0.2, 0.25) is 0 Å². The van der Waals surface area contributed by atoms with Crippen LogP contribution in [-0.2, 0) is 0 Å². The van der Waals surface area contributed by atoms with Crippen molar-refractivity contribution >= 4 is 21.5 Å². The molecule has 0 bridgehead atoms. The molecule has 6 aromatic carbocycles. The number of hydrogen-bond donors (Lipinski definition) is 0. The maximum absolute atomic E-state index is 2.38. The molecule has 0 spiro atoms. The van der Waals surface area contributed by atoms with Crippen molar-refractivity contribution in [3.05, 3.63) is 132 Å². The van der Waals surface area contributed by atoms with E-state index in [1.807, 2.05) is 0 Å². The minimum Gasteiger partial charge on any atom is -0.0622 e. The number of fused-ring (bicyclic) bond motifs is 2. The maximum atomic E-state index is 2.38. The van der Waals surface area contributed by atoms with Crippen molar-refractivity contribution in [2.45, 2.75) is 13.8 Å². The molecule has 0 unspecified atom stereocenters. The van der Waals surface area contributed by atoms with Crippen molar-refractivity contribution in [1.82, 2.24) is 0 Å². The van der Waals surface area contributed by atoms with Gasteiger partial charge < -0.3 is 0 Å². The van der Waals surface area contributed by atoms with Crippen LogP contribution in [-0.4, -0.2) is 0 Å². The van der Waals surface area contributed by atoms with Gasteiger partial charge in [0.05, 0.1) is 0 Å². The van der Waals surface area contributed by atoms with E-state index in [-0.39, 0.29) is 0 Å². The van der Waals surface area contributed by atoms with E-state index in [0.717, 1.165) is 0 Å². The Hall–Kier alpha value is -4.16.